The molecule has 0 fully saturated rings. The molecule has 0 aliphatic rings. The van der Waals surface area contributed by atoms with Gasteiger partial charge in [0.05, 0.1) is 24.1 Å². The van der Waals surface area contributed by atoms with Gasteiger partial charge in [-0.05, 0) is 18.6 Å². The fraction of sp³-hybridized carbons (Fsp3) is 0.211. The molecule has 0 aromatic carbocycles. The van der Waals surface area contributed by atoms with Gasteiger partial charge >= 0.3 is 0 Å². The van der Waals surface area contributed by atoms with Gasteiger partial charge in [-0.3, -0.25) is 4.40 Å². The zero-order valence-corrected chi connectivity index (χ0v) is 14.8. The Morgan fingerprint density at radius 3 is 2.89 bits per heavy atom. The zero-order chi connectivity index (χ0) is 18.8. The summed E-state index contributed by atoms with van der Waals surface area (Å²) < 4.78 is 17.2. The molecule has 0 aliphatic heterocycles. The number of nitrogens with one attached hydrogen (secondary N) is 1. The molecule has 0 saturated heterocycles. The second-order valence-corrected chi connectivity index (χ2v) is 6.17. The highest BCUT2D eigenvalue weighted by Gasteiger charge is 2.15. The summed E-state index contributed by atoms with van der Waals surface area (Å²) in [5, 5.41) is 7.50. The number of aromatic nitrogens is 6. The molecule has 4 aromatic heterocycles. The molecule has 0 aliphatic carbocycles. The van der Waals surface area contributed by atoms with Crippen LogP contribution in [-0.4, -0.2) is 35.1 Å². The van der Waals surface area contributed by atoms with Gasteiger partial charge in [0.15, 0.2) is 5.82 Å². The normalized spacial score (nSPS) is 11.2. The van der Waals surface area contributed by atoms with E-state index in [0.29, 0.717) is 23.8 Å². The number of pyridine rings is 1. The van der Waals surface area contributed by atoms with Crippen molar-refractivity contribution in [3.05, 3.63) is 66.0 Å². The molecule has 4 aromatic rings. The van der Waals surface area contributed by atoms with Crippen LogP contribution in [0, 0.1) is 11.4 Å². The molecule has 0 bridgehead atoms. The quantitative estimate of drug-likeness (QED) is 0.421. The van der Waals surface area contributed by atoms with Gasteiger partial charge in [0.25, 0.3) is 0 Å². The summed E-state index contributed by atoms with van der Waals surface area (Å²) in [7, 11) is 0. The fourth-order valence-electron chi connectivity index (χ4n) is 3.17. The number of hydrogen-bond donors (Lipinski definition) is 1. The Kier molecular flexibility index (Phi) is 4.45. The standard InChI is InChI=1S/C19H18FN7/c1-2-4-14-16(24-12-27-13(9-21)10-23-18(14)27)11-26-8-7-22-19(26)15-5-3-6-17(20)25-15/h3,5-10,12,21H,2,4,11H2,1H3. The van der Waals surface area contributed by atoms with Gasteiger partial charge in [-0.25, -0.2) is 19.9 Å². The number of fused-ring (bicyclic) bond motifs is 1. The summed E-state index contributed by atoms with van der Waals surface area (Å²) in [5.41, 5.74) is 3.90. The van der Waals surface area contributed by atoms with E-state index in [1.807, 2.05) is 15.2 Å². The summed E-state index contributed by atoms with van der Waals surface area (Å²) in [4.78, 5) is 17.3. The van der Waals surface area contributed by atoms with Crippen LogP contribution in [-0.2, 0) is 13.0 Å². The first kappa shape index (κ1) is 17.0. The number of hydrogen-bond acceptors (Lipinski definition) is 5. The maximum absolute atomic E-state index is 13.5. The monoisotopic (exact) mass is 363 g/mol. The van der Waals surface area contributed by atoms with Crippen molar-refractivity contribution in [3.63, 3.8) is 0 Å². The maximum Gasteiger partial charge on any atom is 0.213 e. The Bertz CT molecular complexity index is 1110. The number of rotatable bonds is 6. The molecule has 0 amide bonds. The van der Waals surface area contributed by atoms with Gasteiger partial charge in [0.1, 0.15) is 17.7 Å². The fourth-order valence-corrected chi connectivity index (χ4v) is 3.17. The number of halogens is 1. The third-order valence-electron chi connectivity index (χ3n) is 4.40. The predicted molar refractivity (Wildman–Crippen MR) is 99.4 cm³/mol. The topological polar surface area (TPSA) is 84.8 Å². The van der Waals surface area contributed by atoms with Crippen LogP contribution < -0.4 is 0 Å². The average Bonchev–Trinajstić information content (AvgIpc) is 3.30. The van der Waals surface area contributed by atoms with Crippen molar-refractivity contribution in [2.24, 2.45) is 0 Å². The lowest BCUT2D eigenvalue weighted by atomic mass is 10.1. The highest BCUT2D eigenvalue weighted by molar-refractivity contribution is 5.76. The molecule has 0 radical (unpaired) electrons. The van der Waals surface area contributed by atoms with Crippen molar-refractivity contribution < 1.29 is 4.39 Å². The largest absolute Gasteiger partial charge is 0.324 e. The number of nitrogens with zero attached hydrogens (tertiary/aromatic N) is 6. The Morgan fingerprint density at radius 1 is 1.22 bits per heavy atom. The van der Waals surface area contributed by atoms with Crippen molar-refractivity contribution in [1.82, 2.24) is 28.9 Å². The van der Waals surface area contributed by atoms with Crippen molar-refractivity contribution in [2.75, 3.05) is 0 Å². The number of imidazole rings is 2. The molecule has 0 unspecified atom stereocenters. The average molecular weight is 363 g/mol. The highest BCUT2D eigenvalue weighted by atomic mass is 19.1. The van der Waals surface area contributed by atoms with Crippen LogP contribution in [0.1, 0.15) is 30.3 Å². The van der Waals surface area contributed by atoms with E-state index in [9.17, 15) is 4.39 Å². The van der Waals surface area contributed by atoms with E-state index >= 15 is 0 Å². The van der Waals surface area contributed by atoms with Crippen molar-refractivity contribution in [2.45, 2.75) is 26.3 Å². The van der Waals surface area contributed by atoms with Gasteiger partial charge in [-0.1, -0.05) is 19.4 Å². The summed E-state index contributed by atoms with van der Waals surface area (Å²) >= 11 is 0. The van der Waals surface area contributed by atoms with Crippen molar-refractivity contribution in [1.29, 1.82) is 5.41 Å². The van der Waals surface area contributed by atoms with Crippen molar-refractivity contribution in [3.8, 4) is 11.5 Å². The van der Waals surface area contributed by atoms with Crippen LogP contribution in [0.25, 0.3) is 17.2 Å². The van der Waals surface area contributed by atoms with E-state index in [1.165, 1.54) is 12.3 Å². The molecule has 0 atom stereocenters. The predicted octanol–water partition coefficient (Wildman–Crippen LogP) is 3.13. The molecular weight excluding hydrogens is 345 g/mol. The van der Waals surface area contributed by atoms with E-state index in [2.05, 4.69) is 26.9 Å². The van der Waals surface area contributed by atoms with Crippen molar-refractivity contribution >= 4 is 11.9 Å². The molecule has 4 rings (SSSR count). The Balaban J connectivity index is 1.77. The van der Waals surface area contributed by atoms with E-state index in [0.717, 1.165) is 29.7 Å². The first-order chi connectivity index (χ1) is 13.2. The third kappa shape index (κ3) is 3.10. The molecule has 0 spiro atoms. The lowest BCUT2D eigenvalue weighted by Gasteiger charge is -2.12. The smallest absolute Gasteiger partial charge is 0.213 e. The second kappa shape index (κ2) is 7.06. The molecule has 4 heterocycles. The minimum atomic E-state index is -0.537. The van der Waals surface area contributed by atoms with E-state index in [-0.39, 0.29) is 0 Å². The summed E-state index contributed by atoms with van der Waals surface area (Å²) in [6.07, 6.45) is 9.90. The third-order valence-corrected chi connectivity index (χ3v) is 4.40. The lowest BCUT2D eigenvalue weighted by molar-refractivity contribution is 0.584. The van der Waals surface area contributed by atoms with Crippen LogP contribution in [0.3, 0.4) is 0 Å². The van der Waals surface area contributed by atoms with Crippen LogP contribution in [0.15, 0.2) is 43.1 Å². The first-order valence-corrected chi connectivity index (χ1v) is 8.69. The SMILES string of the molecule is CCCc1c(Cn2ccnc2-c2cccc(F)n2)ncn2c(C=N)cnc12. The molecular formula is C19H18FN7. The van der Waals surface area contributed by atoms with E-state index in [1.54, 1.807) is 30.9 Å². The zero-order valence-electron chi connectivity index (χ0n) is 14.8. The van der Waals surface area contributed by atoms with Crippen LogP contribution in [0.4, 0.5) is 4.39 Å². The number of aryl methyl sites for hydroxylation is 1. The maximum atomic E-state index is 13.5. The Hall–Kier alpha value is -3.42. The second-order valence-electron chi connectivity index (χ2n) is 6.17. The Labute approximate surface area is 155 Å². The highest BCUT2D eigenvalue weighted by Crippen LogP contribution is 2.21. The molecule has 27 heavy (non-hydrogen) atoms. The molecule has 8 heteroatoms. The van der Waals surface area contributed by atoms with Crippen LogP contribution in [0.2, 0.25) is 0 Å². The minimum Gasteiger partial charge on any atom is -0.324 e. The lowest BCUT2D eigenvalue weighted by Crippen LogP contribution is -2.10. The molecule has 7 nitrogen and oxygen atoms in total. The first-order valence-electron chi connectivity index (χ1n) is 8.69. The van der Waals surface area contributed by atoms with Gasteiger partial charge in [-0.15, -0.1) is 0 Å². The molecule has 1 N–H and O–H groups in total. The van der Waals surface area contributed by atoms with Gasteiger partial charge < -0.3 is 9.98 Å². The summed E-state index contributed by atoms with van der Waals surface area (Å²) in [6.45, 7) is 2.58. The Morgan fingerprint density at radius 2 is 2.11 bits per heavy atom. The molecule has 136 valence electrons. The van der Waals surface area contributed by atoms with Crippen LogP contribution >= 0.6 is 0 Å². The van der Waals surface area contributed by atoms with Gasteiger partial charge in [0.2, 0.25) is 5.95 Å². The summed E-state index contributed by atoms with van der Waals surface area (Å²) in [6, 6.07) is 4.66. The minimum absolute atomic E-state index is 0.477. The van der Waals surface area contributed by atoms with Gasteiger partial charge in [0, 0.05) is 24.2 Å². The summed E-state index contributed by atoms with van der Waals surface area (Å²) in [5.74, 6) is 0.0481. The molecule has 0 saturated carbocycles. The van der Waals surface area contributed by atoms with E-state index < -0.39 is 5.95 Å². The van der Waals surface area contributed by atoms with Crippen LogP contribution in [0.5, 0.6) is 0 Å². The van der Waals surface area contributed by atoms with E-state index in [4.69, 9.17) is 5.41 Å². The van der Waals surface area contributed by atoms with Gasteiger partial charge in [-0.2, -0.15) is 4.39 Å².